The van der Waals surface area contributed by atoms with Crippen LogP contribution in [0, 0.1) is 11.3 Å². The fourth-order valence-electron chi connectivity index (χ4n) is 8.14. The van der Waals surface area contributed by atoms with Crippen molar-refractivity contribution >= 4 is 23.7 Å². The van der Waals surface area contributed by atoms with E-state index in [-0.39, 0.29) is 31.1 Å². The summed E-state index contributed by atoms with van der Waals surface area (Å²) in [5.41, 5.74) is -4.09. The molecule has 1 spiro atoms. The van der Waals surface area contributed by atoms with Gasteiger partial charge in [0.2, 0.25) is 6.79 Å². The summed E-state index contributed by atoms with van der Waals surface area (Å²) in [6.07, 6.45) is -0.854. The SMILES string of the molecule is COC(=O)N1c2c(ccc3c2OCO3)C23CCN4CCC(O)C(C(=O)OC)(CCC2C1(O)C(=O)OC)C43. The molecule has 1 aromatic carbocycles. The first-order valence-electron chi connectivity index (χ1n) is 12.4. The van der Waals surface area contributed by atoms with E-state index < -0.39 is 52.7 Å². The molecule has 1 saturated carbocycles. The first kappa shape index (κ1) is 24.3. The Morgan fingerprint density at radius 2 is 1.76 bits per heavy atom. The lowest BCUT2D eigenvalue weighted by Gasteiger charge is -2.64. The number of anilines is 1. The van der Waals surface area contributed by atoms with Crippen molar-refractivity contribution in [3.05, 3.63) is 17.7 Å². The number of benzene rings is 1. The number of amides is 1. The van der Waals surface area contributed by atoms with Gasteiger partial charge in [-0.3, -0.25) is 9.69 Å². The van der Waals surface area contributed by atoms with Crippen LogP contribution in [0.1, 0.15) is 31.2 Å². The average Bonchev–Trinajstić information content (AvgIpc) is 3.55. The van der Waals surface area contributed by atoms with Gasteiger partial charge in [-0.15, -0.1) is 0 Å². The first-order chi connectivity index (χ1) is 17.7. The summed E-state index contributed by atoms with van der Waals surface area (Å²) >= 11 is 0. The van der Waals surface area contributed by atoms with Gasteiger partial charge in [0, 0.05) is 23.9 Å². The van der Waals surface area contributed by atoms with Crippen molar-refractivity contribution in [2.45, 2.75) is 49.0 Å². The molecule has 6 unspecified atom stereocenters. The molecule has 1 amide bonds. The summed E-state index contributed by atoms with van der Waals surface area (Å²) < 4.78 is 26.8. The summed E-state index contributed by atoms with van der Waals surface area (Å²) in [5, 5.41) is 23.7. The highest BCUT2D eigenvalue weighted by Gasteiger charge is 2.77. The van der Waals surface area contributed by atoms with E-state index in [1.807, 2.05) is 0 Å². The topological polar surface area (TPSA) is 144 Å². The minimum Gasteiger partial charge on any atom is -0.468 e. The molecule has 2 N–H and O–H groups in total. The average molecular weight is 519 g/mol. The molecule has 3 fully saturated rings. The Bertz CT molecular complexity index is 1190. The fourth-order valence-corrected chi connectivity index (χ4v) is 8.14. The second-order valence-electron chi connectivity index (χ2n) is 10.4. The van der Waals surface area contributed by atoms with Crippen molar-refractivity contribution in [2.24, 2.45) is 11.3 Å². The van der Waals surface area contributed by atoms with Gasteiger partial charge < -0.3 is 33.9 Å². The molecule has 37 heavy (non-hydrogen) atoms. The largest absolute Gasteiger partial charge is 0.468 e. The Balaban J connectivity index is 1.71. The standard InChI is InChI=1S/C25H30N2O10/c1-33-20(29)24-8-6-15-23(9-11-26(19(23)24)10-7-16(24)28)13-4-5-14-18(37-12-36-14)17(13)27(22(31)35-3)25(15,32)21(30)34-2/h4-5,15-16,19,28,32H,6-12H2,1-3H3. The molecular formula is C25H30N2O10. The van der Waals surface area contributed by atoms with Crippen LogP contribution in [0.15, 0.2) is 12.1 Å². The zero-order valence-electron chi connectivity index (χ0n) is 20.9. The highest BCUT2D eigenvalue weighted by molar-refractivity contribution is 6.02. The van der Waals surface area contributed by atoms with E-state index in [1.54, 1.807) is 12.1 Å². The fraction of sp³-hybridized carbons (Fsp3) is 0.640. The maximum Gasteiger partial charge on any atom is 0.417 e. The molecule has 12 nitrogen and oxygen atoms in total. The number of fused-ring (bicyclic) bond motifs is 3. The van der Waals surface area contributed by atoms with Crippen LogP contribution in [0.25, 0.3) is 0 Å². The number of esters is 2. The van der Waals surface area contributed by atoms with E-state index in [4.69, 9.17) is 23.7 Å². The predicted octanol–water partition coefficient (Wildman–Crippen LogP) is 0.509. The van der Waals surface area contributed by atoms with Gasteiger partial charge in [0.25, 0.3) is 5.72 Å². The van der Waals surface area contributed by atoms with Crippen molar-refractivity contribution in [1.82, 2.24) is 4.90 Å². The summed E-state index contributed by atoms with van der Waals surface area (Å²) in [5.74, 6) is -1.94. The third-order valence-corrected chi connectivity index (χ3v) is 9.38. The number of hydrogen-bond donors (Lipinski definition) is 2. The van der Waals surface area contributed by atoms with Gasteiger partial charge in [-0.2, -0.15) is 0 Å². The quantitative estimate of drug-likeness (QED) is 0.417. The number of aliphatic hydroxyl groups is 2. The Kier molecular flexibility index (Phi) is 5.21. The predicted molar refractivity (Wildman–Crippen MR) is 124 cm³/mol. The maximum atomic E-state index is 13.5. The number of methoxy groups -OCH3 is 3. The van der Waals surface area contributed by atoms with Crippen molar-refractivity contribution in [3.8, 4) is 11.5 Å². The van der Waals surface area contributed by atoms with Crippen LogP contribution in [0.2, 0.25) is 0 Å². The molecular weight excluding hydrogens is 488 g/mol. The molecule has 4 aliphatic heterocycles. The van der Waals surface area contributed by atoms with Crippen molar-refractivity contribution in [2.75, 3.05) is 46.1 Å². The monoisotopic (exact) mass is 518 g/mol. The van der Waals surface area contributed by atoms with Crippen molar-refractivity contribution < 1.29 is 48.3 Å². The van der Waals surface area contributed by atoms with E-state index in [1.165, 1.54) is 7.11 Å². The smallest absolute Gasteiger partial charge is 0.417 e. The highest BCUT2D eigenvalue weighted by atomic mass is 16.7. The number of carbonyl (C=O) groups excluding carboxylic acids is 3. The lowest BCUT2D eigenvalue weighted by atomic mass is 9.46. The maximum absolute atomic E-state index is 13.5. The van der Waals surface area contributed by atoms with E-state index in [0.29, 0.717) is 37.2 Å². The Morgan fingerprint density at radius 1 is 1.00 bits per heavy atom. The minimum atomic E-state index is -2.49. The highest BCUT2D eigenvalue weighted by Crippen LogP contribution is 2.69. The number of piperidine rings is 1. The zero-order chi connectivity index (χ0) is 26.3. The summed E-state index contributed by atoms with van der Waals surface area (Å²) in [4.78, 5) is 43.4. The van der Waals surface area contributed by atoms with Crippen LogP contribution in [-0.2, 0) is 29.2 Å². The summed E-state index contributed by atoms with van der Waals surface area (Å²) in [7, 11) is 3.59. The van der Waals surface area contributed by atoms with E-state index in [9.17, 15) is 24.6 Å². The number of ether oxygens (including phenoxy) is 5. The van der Waals surface area contributed by atoms with Crippen LogP contribution < -0.4 is 14.4 Å². The number of aliphatic hydroxyl groups excluding tert-OH is 1. The molecule has 1 aromatic rings. The van der Waals surface area contributed by atoms with Gasteiger partial charge in [-0.1, -0.05) is 6.07 Å². The molecule has 4 heterocycles. The van der Waals surface area contributed by atoms with Crippen LogP contribution in [0.5, 0.6) is 11.5 Å². The van der Waals surface area contributed by atoms with Gasteiger partial charge in [-0.25, -0.2) is 14.5 Å². The van der Waals surface area contributed by atoms with Gasteiger partial charge in [0.15, 0.2) is 11.5 Å². The molecule has 0 aromatic heterocycles. The van der Waals surface area contributed by atoms with Gasteiger partial charge in [0.1, 0.15) is 11.1 Å². The first-order valence-corrected chi connectivity index (χ1v) is 12.4. The second-order valence-corrected chi connectivity index (χ2v) is 10.4. The number of carbonyl (C=O) groups is 3. The normalized spacial score (nSPS) is 37.2. The van der Waals surface area contributed by atoms with Gasteiger partial charge in [0.05, 0.1) is 27.4 Å². The van der Waals surface area contributed by atoms with Crippen molar-refractivity contribution in [3.63, 3.8) is 0 Å². The van der Waals surface area contributed by atoms with E-state index in [2.05, 4.69) is 4.90 Å². The molecule has 0 radical (unpaired) electrons. The Labute approximate surface area is 212 Å². The summed E-state index contributed by atoms with van der Waals surface area (Å²) in [6, 6.07) is 2.90. The third kappa shape index (κ3) is 2.65. The number of hydrogen-bond acceptors (Lipinski definition) is 11. The van der Waals surface area contributed by atoms with Gasteiger partial charge >= 0.3 is 18.0 Å². The van der Waals surface area contributed by atoms with Crippen LogP contribution >= 0.6 is 0 Å². The molecule has 200 valence electrons. The lowest BCUT2D eigenvalue weighted by molar-refractivity contribution is -0.203. The minimum absolute atomic E-state index is 0.117. The van der Waals surface area contributed by atoms with Crippen LogP contribution in [0.4, 0.5) is 10.5 Å². The van der Waals surface area contributed by atoms with Crippen molar-refractivity contribution in [1.29, 1.82) is 0 Å². The Morgan fingerprint density at radius 3 is 2.46 bits per heavy atom. The Hall–Kier alpha value is -3.09. The summed E-state index contributed by atoms with van der Waals surface area (Å²) in [6.45, 7) is 0.959. The molecule has 1 aliphatic carbocycles. The lowest BCUT2D eigenvalue weighted by Crippen LogP contribution is -2.77. The molecule has 2 saturated heterocycles. The van der Waals surface area contributed by atoms with Crippen LogP contribution in [0.3, 0.4) is 0 Å². The van der Waals surface area contributed by atoms with Gasteiger partial charge in [-0.05, 0) is 43.9 Å². The van der Waals surface area contributed by atoms with E-state index in [0.717, 1.165) is 19.1 Å². The molecule has 6 rings (SSSR count). The molecule has 12 heteroatoms. The number of nitrogens with zero attached hydrogens (tertiary/aromatic N) is 2. The molecule has 5 aliphatic rings. The molecule has 6 atom stereocenters. The van der Waals surface area contributed by atoms with Crippen LogP contribution in [-0.4, -0.2) is 92.2 Å². The third-order valence-electron chi connectivity index (χ3n) is 9.38. The molecule has 0 bridgehead atoms. The zero-order valence-corrected chi connectivity index (χ0v) is 20.9. The van der Waals surface area contributed by atoms with E-state index >= 15 is 0 Å². The number of rotatable bonds is 2. The second kappa shape index (κ2) is 7.95.